The van der Waals surface area contributed by atoms with Crippen molar-refractivity contribution in [3.63, 3.8) is 0 Å². The van der Waals surface area contributed by atoms with Crippen LogP contribution in [0.4, 0.5) is 13.2 Å². The molecular weight excluding hydrogens is 173 g/mol. The summed E-state index contributed by atoms with van der Waals surface area (Å²) in [6, 6.07) is 0. The van der Waals surface area contributed by atoms with E-state index in [0.717, 1.165) is 6.92 Å². The lowest BCUT2D eigenvalue weighted by Gasteiger charge is -1.96. The molecule has 0 unspecified atom stereocenters. The summed E-state index contributed by atoms with van der Waals surface area (Å²) in [7, 11) is 0. The number of alkyl halides is 3. The minimum atomic E-state index is -3.96. The van der Waals surface area contributed by atoms with Gasteiger partial charge >= 0.3 is 6.18 Å². The fourth-order valence-corrected chi connectivity index (χ4v) is 0. The second-order valence-corrected chi connectivity index (χ2v) is 0.969. The summed E-state index contributed by atoms with van der Waals surface area (Å²) in [6.45, 7) is 1.08. The van der Waals surface area contributed by atoms with E-state index in [9.17, 15) is 13.2 Å². The van der Waals surface area contributed by atoms with Crippen molar-refractivity contribution < 1.29 is 13.2 Å². The van der Waals surface area contributed by atoms with Gasteiger partial charge in [-0.3, -0.25) is 0 Å². The summed E-state index contributed by atoms with van der Waals surface area (Å²) in [4.78, 5) is 0. The average molecular weight is 179 g/mol. The predicted octanol–water partition coefficient (Wildman–Crippen LogP) is 2.54. The third kappa shape index (κ3) is 10.7. The second-order valence-electron chi connectivity index (χ2n) is 0.969. The van der Waals surface area contributed by atoms with Gasteiger partial charge in [-0.25, -0.2) is 0 Å². The van der Waals surface area contributed by atoms with E-state index >= 15 is 0 Å². The van der Waals surface area contributed by atoms with Gasteiger partial charge in [0.25, 0.3) is 0 Å². The standard InChI is InChI=1S/C3H5F3.BrH/c1-2-3(4,5)6;/h2H2,1H3;1H. The molecule has 0 aliphatic carbocycles. The zero-order valence-electron chi connectivity index (χ0n) is 3.75. The number of hydrogen-bond donors (Lipinski definition) is 0. The zero-order chi connectivity index (χ0) is 5.21. The first-order valence-corrected chi connectivity index (χ1v) is 1.63. The van der Waals surface area contributed by atoms with Crippen LogP contribution in [0.5, 0.6) is 0 Å². The molecule has 0 nitrogen and oxygen atoms in total. The van der Waals surface area contributed by atoms with Gasteiger partial charge in [-0.1, -0.05) is 6.92 Å². The van der Waals surface area contributed by atoms with E-state index < -0.39 is 12.6 Å². The highest BCUT2D eigenvalue weighted by atomic mass is 79.9. The van der Waals surface area contributed by atoms with E-state index in [1.54, 1.807) is 0 Å². The van der Waals surface area contributed by atoms with E-state index in [1.165, 1.54) is 0 Å². The fourth-order valence-electron chi connectivity index (χ4n) is 0. The molecule has 0 aliphatic rings. The third-order valence-corrected chi connectivity index (χ3v) is 0.401. The van der Waals surface area contributed by atoms with Gasteiger partial charge in [0.1, 0.15) is 0 Å². The summed E-state index contributed by atoms with van der Waals surface area (Å²) in [6.07, 6.45) is -4.69. The Hall–Kier alpha value is 0.270. The van der Waals surface area contributed by atoms with Crippen molar-refractivity contribution in [1.82, 2.24) is 0 Å². The molecule has 0 radical (unpaired) electrons. The summed E-state index contributed by atoms with van der Waals surface area (Å²) >= 11 is 0. The monoisotopic (exact) mass is 178 g/mol. The molecule has 0 amide bonds. The smallest absolute Gasteiger partial charge is 0.171 e. The van der Waals surface area contributed by atoms with Crippen LogP contribution in [0.15, 0.2) is 0 Å². The van der Waals surface area contributed by atoms with E-state index in [2.05, 4.69) is 0 Å². The average Bonchev–Trinajstić information content (AvgIpc) is 1.35. The van der Waals surface area contributed by atoms with Crippen molar-refractivity contribution in [1.29, 1.82) is 0 Å². The van der Waals surface area contributed by atoms with Crippen LogP contribution in [0, 0.1) is 0 Å². The molecule has 0 saturated heterocycles. The van der Waals surface area contributed by atoms with E-state index in [1.807, 2.05) is 0 Å². The SMILES string of the molecule is Br.CCC(F)(F)F. The number of hydrogen-bond acceptors (Lipinski definition) is 0. The molecule has 0 bridgehead atoms. The molecule has 7 heavy (non-hydrogen) atoms. The molecule has 0 aliphatic heterocycles. The van der Waals surface area contributed by atoms with Crippen molar-refractivity contribution in [2.45, 2.75) is 19.5 Å². The zero-order valence-corrected chi connectivity index (χ0v) is 5.46. The Balaban J connectivity index is 0. The highest BCUT2D eigenvalue weighted by molar-refractivity contribution is 8.93. The Morgan fingerprint density at radius 3 is 1.43 bits per heavy atom. The normalized spacial score (nSPS) is 10.3. The molecule has 46 valence electrons. The Morgan fingerprint density at radius 1 is 1.29 bits per heavy atom. The minimum Gasteiger partial charge on any atom is -0.171 e. The molecule has 0 aromatic carbocycles. The lowest BCUT2D eigenvalue weighted by molar-refractivity contribution is -0.130. The molecule has 0 fully saturated rings. The summed E-state index contributed by atoms with van der Waals surface area (Å²) in [5.74, 6) is 0. The lowest BCUT2D eigenvalue weighted by atomic mass is 10.5. The van der Waals surface area contributed by atoms with Crippen LogP contribution in [0.1, 0.15) is 13.3 Å². The largest absolute Gasteiger partial charge is 0.388 e. The molecule has 0 atom stereocenters. The van der Waals surface area contributed by atoms with Crippen molar-refractivity contribution in [2.24, 2.45) is 0 Å². The maximum Gasteiger partial charge on any atom is 0.388 e. The lowest BCUT2D eigenvalue weighted by Crippen LogP contribution is -2.02. The summed E-state index contributed by atoms with van der Waals surface area (Å²) in [5, 5.41) is 0. The topological polar surface area (TPSA) is 0 Å². The molecule has 0 saturated carbocycles. The van der Waals surface area contributed by atoms with Gasteiger partial charge in [0.2, 0.25) is 0 Å². The van der Waals surface area contributed by atoms with Crippen LogP contribution in [-0.4, -0.2) is 6.18 Å². The summed E-state index contributed by atoms with van der Waals surface area (Å²) < 4.78 is 32.4. The minimum absolute atomic E-state index is 0. The van der Waals surface area contributed by atoms with E-state index in [-0.39, 0.29) is 17.0 Å². The van der Waals surface area contributed by atoms with E-state index in [4.69, 9.17) is 0 Å². The van der Waals surface area contributed by atoms with Gasteiger partial charge in [-0.15, -0.1) is 17.0 Å². The van der Waals surface area contributed by atoms with Crippen LogP contribution in [0.25, 0.3) is 0 Å². The van der Waals surface area contributed by atoms with Gasteiger partial charge in [0.05, 0.1) is 0 Å². The van der Waals surface area contributed by atoms with Gasteiger partial charge in [-0.05, 0) is 0 Å². The Morgan fingerprint density at radius 2 is 1.43 bits per heavy atom. The van der Waals surface area contributed by atoms with E-state index in [0.29, 0.717) is 0 Å². The quantitative estimate of drug-likeness (QED) is 0.535. The molecule has 0 N–H and O–H groups in total. The van der Waals surface area contributed by atoms with Crippen molar-refractivity contribution in [3.8, 4) is 0 Å². The number of halogens is 4. The predicted molar refractivity (Wildman–Crippen MR) is 26.7 cm³/mol. The Kier molecular flexibility index (Phi) is 4.84. The van der Waals surface area contributed by atoms with Gasteiger partial charge in [0.15, 0.2) is 0 Å². The van der Waals surface area contributed by atoms with Crippen molar-refractivity contribution >= 4 is 17.0 Å². The maximum absolute atomic E-state index is 10.8. The van der Waals surface area contributed by atoms with Crippen LogP contribution >= 0.6 is 17.0 Å². The fraction of sp³-hybridized carbons (Fsp3) is 1.00. The van der Waals surface area contributed by atoms with Crippen LogP contribution in [-0.2, 0) is 0 Å². The molecule has 0 spiro atoms. The Labute approximate surface area is 50.5 Å². The first-order chi connectivity index (χ1) is 2.56. The highest BCUT2D eigenvalue weighted by Crippen LogP contribution is 2.17. The second kappa shape index (κ2) is 3.29. The molecule has 0 aromatic rings. The number of rotatable bonds is 0. The first-order valence-electron chi connectivity index (χ1n) is 1.63. The summed E-state index contributed by atoms with van der Waals surface area (Å²) in [5.41, 5.74) is 0. The molecule has 0 heterocycles. The molecule has 0 aromatic heterocycles. The van der Waals surface area contributed by atoms with Crippen LogP contribution < -0.4 is 0 Å². The third-order valence-electron chi connectivity index (χ3n) is 0.401. The first kappa shape index (κ1) is 10.3. The Bertz CT molecular complexity index is 39.9. The molecular formula is C3H6BrF3. The maximum atomic E-state index is 10.8. The molecule has 4 heteroatoms. The van der Waals surface area contributed by atoms with Crippen LogP contribution in [0.3, 0.4) is 0 Å². The van der Waals surface area contributed by atoms with Crippen molar-refractivity contribution in [2.75, 3.05) is 0 Å². The van der Waals surface area contributed by atoms with Crippen LogP contribution in [0.2, 0.25) is 0 Å². The molecule has 0 rings (SSSR count). The van der Waals surface area contributed by atoms with Gasteiger partial charge in [0, 0.05) is 6.42 Å². The van der Waals surface area contributed by atoms with Gasteiger partial charge in [-0.2, -0.15) is 13.2 Å². The van der Waals surface area contributed by atoms with Crippen molar-refractivity contribution in [3.05, 3.63) is 0 Å². The highest BCUT2D eigenvalue weighted by Gasteiger charge is 2.22. The van der Waals surface area contributed by atoms with Gasteiger partial charge < -0.3 is 0 Å².